The SMILES string of the molecule is [2H]C1N(c2ccc(C(C)=O)cc2)C([2H])N2C3C(=CCN12)C(C)(C)Oc1cc(N2CCNCC2)ccc13. The van der Waals surface area contributed by atoms with Crippen molar-refractivity contribution < 1.29 is 12.3 Å². The number of benzene rings is 2. The molecule has 0 aromatic heterocycles. The monoisotopic (exact) mass is 461 g/mol. The molecule has 4 aliphatic heterocycles. The molecule has 4 heterocycles. The second-order valence-corrected chi connectivity index (χ2v) is 9.88. The van der Waals surface area contributed by atoms with Crippen molar-refractivity contribution in [1.29, 1.82) is 0 Å². The number of ether oxygens (including phenoxy) is 1. The Morgan fingerprint density at radius 1 is 1.06 bits per heavy atom. The van der Waals surface area contributed by atoms with E-state index < -0.39 is 18.9 Å². The summed E-state index contributed by atoms with van der Waals surface area (Å²) in [6.45, 7) is 8.59. The van der Waals surface area contributed by atoms with Crippen LogP contribution in [0.3, 0.4) is 0 Å². The van der Waals surface area contributed by atoms with Crippen molar-refractivity contribution in [3.05, 3.63) is 65.2 Å². The summed E-state index contributed by atoms with van der Waals surface area (Å²) in [5.74, 6) is 0.849. The van der Waals surface area contributed by atoms with E-state index in [1.807, 2.05) is 22.2 Å². The molecule has 7 heteroatoms. The fourth-order valence-corrected chi connectivity index (χ4v) is 5.41. The van der Waals surface area contributed by atoms with Gasteiger partial charge >= 0.3 is 0 Å². The molecule has 34 heavy (non-hydrogen) atoms. The number of ketones is 1. The average Bonchev–Trinajstić information content (AvgIpc) is 3.13. The number of nitrogens with one attached hydrogen (secondary N) is 1. The number of fused-ring (bicyclic) bond motifs is 5. The van der Waals surface area contributed by atoms with Crippen LogP contribution in [-0.2, 0) is 0 Å². The molecule has 4 aliphatic rings. The van der Waals surface area contributed by atoms with Gasteiger partial charge in [-0.25, -0.2) is 10.0 Å². The number of carbonyl (C=O) groups excluding carboxylic acids is 1. The maximum Gasteiger partial charge on any atom is 0.159 e. The standard InChI is InChI=1S/C27H33N5O2/c1-19(33)20-4-6-21(7-5-20)30-17-31-13-10-24-26(32(31)18-30)23-9-8-22(29-14-11-28-12-15-29)16-25(23)34-27(24,2)3/h4-10,16,26,28H,11-15,17-18H2,1-3H3/i17D,18D. The first-order valence-corrected chi connectivity index (χ1v) is 12.0. The lowest BCUT2D eigenvalue weighted by Gasteiger charge is -2.48. The van der Waals surface area contributed by atoms with Crippen molar-refractivity contribution >= 4 is 17.2 Å². The van der Waals surface area contributed by atoms with Crippen molar-refractivity contribution in [1.82, 2.24) is 15.3 Å². The minimum atomic E-state index is -0.793. The molecule has 3 atom stereocenters. The summed E-state index contributed by atoms with van der Waals surface area (Å²) in [7, 11) is 0. The van der Waals surface area contributed by atoms with Gasteiger partial charge in [-0.05, 0) is 56.7 Å². The van der Waals surface area contributed by atoms with Crippen LogP contribution in [0.25, 0.3) is 0 Å². The fourth-order valence-electron chi connectivity index (χ4n) is 5.41. The van der Waals surface area contributed by atoms with E-state index in [9.17, 15) is 6.17 Å². The lowest BCUT2D eigenvalue weighted by molar-refractivity contribution is -0.0296. The first-order valence-electron chi connectivity index (χ1n) is 13.2. The summed E-state index contributed by atoms with van der Waals surface area (Å²) >= 11 is 0. The van der Waals surface area contributed by atoms with Gasteiger partial charge in [0, 0.05) is 61.3 Å². The van der Waals surface area contributed by atoms with E-state index in [1.54, 1.807) is 24.0 Å². The van der Waals surface area contributed by atoms with Gasteiger partial charge in [0.2, 0.25) is 0 Å². The van der Waals surface area contributed by atoms with E-state index in [0.29, 0.717) is 12.1 Å². The third-order valence-electron chi connectivity index (χ3n) is 7.26. The Labute approximate surface area is 204 Å². The molecule has 1 N–H and O–H groups in total. The number of nitrogens with zero attached hydrogens (tertiary/aromatic N) is 4. The quantitative estimate of drug-likeness (QED) is 0.555. The van der Waals surface area contributed by atoms with Crippen molar-refractivity contribution in [3.63, 3.8) is 0 Å². The van der Waals surface area contributed by atoms with Crippen LogP contribution in [0.4, 0.5) is 11.4 Å². The lowest BCUT2D eigenvalue weighted by Crippen LogP contribution is -2.51. The highest BCUT2D eigenvalue weighted by atomic mass is 16.5. The summed E-state index contributed by atoms with van der Waals surface area (Å²) in [5, 5.41) is 7.39. The Bertz CT molecular complexity index is 1210. The Balaban J connectivity index is 1.38. The van der Waals surface area contributed by atoms with Gasteiger partial charge in [0.05, 0.1) is 22.1 Å². The molecule has 0 aliphatic carbocycles. The van der Waals surface area contributed by atoms with E-state index in [2.05, 4.69) is 48.3 Å². The zero-order valence-electron chi connectivity index (χ0n) is 22.0. The molecule has 2 saturated heterocycles. The average molecular weight is 462 g/mol. The van der Waals surface area contributed by atoms with E-state index >= 15 is 0 Å². The first-order chi connectivity index (χ1) is 17.3. The topological polar surface area (TPSA) is 51.3 Å². The Kier molecular flexibility index (Phi) is 4.64. The van der Waals surface area contributed by atoms with Gasteiger partial charge in [-0.1, -0.05) is 12.1 Å². The molecule has 2 aromatic rings. The van der Waals surface area contributed by atoms with Crippen LogP contribution >= 0.6 is 0 Å². The predicted molar refractivity (Wildman–Crippen MR) is 134 cm³/mol. The van der Waals surface area contributed by atoms with Crippen molar-refractivity contribution in [2.24, 2.45) is 0 Å². The number of rotatable bonds is 3. The third-order valence-corrected chi connectivity index (χ3v) is 7.26. The normalized spacial score (nSPS) is 29.3. The number of carbonyl (C=O) groups is 1. The lowest BCUT2D eigenvalue weighted by atomic mass is 9.82. The van der Waals surface area contributed by atoms with Gasteiger partial charge in [0.25, 0.3) is 0 Å². The van der Waals surface area contributed by atoms with Gasteiger partial charge in [-0.3, -0.25) is 4.79 Å². The van der Waals surface area contributed by atoms with E-state index in [-0.39, 0.29) is 11.8 Å². The number of anilines is 2. The molecule has 3 unspecified atom stereocenters. The zero-order valence-corrected chi connectivity index (χ0v) is 20.0. The van der Waals surface area contributed by atoms with Crippen LogP contribution < -0.4 is 19.9 Å². The highest BCUT2D eigenvalue weighted by Crippen LogP contribution is 2.50. The van der Waals surface area contributed by atoms with Gasteiger partial charge in [-0.15, -0.1) is 0 Å². The molecule has 0 spiro atoms. The highest BCUT2D eigenvalue weighted by molar-refractivity contribution is 5.94. The molecule has 0 amide bonds. The number of Topliss-reactive ketones (excluding diaryl/α,β-unsaturated/α-hetero) is 1. The van der Waals surface area contributed by atoms with E-state index in [4.69, 9.17) is 6.11 Å². The molecule has 0 saturated carbocycles. The van der Waals surface area contributed by atoms with Gasteiger partial charge in [-0.2, -0.15) is 0 Å². The zero-order chi connectivity index (χ0) is 25.2. The van der Waals surface area contributed by atoms with Crippen molar-refractivity contribution in [2.45, 2.75) is 32.4 Å². The van der Waals surface area contributed by atoms with Crippen LogP contribution in [-0.4, -0.2) is 67.4 Å². The molecule has 2 fully saturated rings. The highest BCUT2D eigenvalue weighted by Gasteiger charge is 2.47. The fraction of sp³-hybridized carbons (Fsp3) is 0.444. The molecule has 0 bridgehead atoms. The minimum absolute atomic E-state index is 0.00376. The van der Waals surface area contributed by atoms with Gasteiger partial charge < -0.3 is 19.9 Å². The largest absolute Gasteiger partial charge is 0.483 e. The summed E-state index contributed by atoms with van der Waals surface area (Å²) < 4.78 is 24.9. The summed E-state index contributed by atoms with van der Waals surface area (Å²) in [6.07, 6.45) is 2.17. The summed E-state index contributed by atoms with van der Waals surface area (Å²) in [6, 6.07) is 13.5. The maximum atomic E-state index is 11.7. The van der Waals surface area contributed by atoms with Crippen molar-refractivity contribution in [3.8, 4) is 5.75 Å². The number of piperazine rings is 1. The molecule has 0 radical (unpaired) electrons. The predicted octanol–water partition coefficient (Wildman–Crippen LogP) is 3.41. The van der Waals surface area contributed by atoms with Crippen LogP contribution in [0.5, 0.6) is 5.75 Å². The van der Waals surface area contributed by atoms with Gasteiger partial charge in [0.1, 0.15) is 11.4 Å². The number of hydrogen-bond donors (Lipinski definition) is 1. The Morgan fingerprint density at radius 3 is 2.53 bits per heavy atom. The van der Waals surface area contributed by atoms with Crippen LogP contribution in [0.2, 0.25) is 0 Å². The molecule has 178 valence electrons. The molecular weight excluding hydrogens is 426 g/mol. The van der Waals surface area contributed by atoms with Gasteiger partial charge in [0.15, 0.2) is 5.78 Å². The number of hydrazine groups is 1. The van der Waals surface area contributed by atoms with E-state index in [0.717, 1.165) is 54.4 Å². The van der Waals surface area contributed by atoms with Crippen LogP contribution in [0.1, 0.15) is 45.5 Å². The summed E-state index contributed by atoms with van der Waals surface area (Å²) in [5.41, 5.74) is 4.17. The number of hydrogen-bond acceptors (Lipinski definition) is 7. The smallest absolute Gasteiger partial charge is 0.159 e. The second kappa shape index (κ2) is 8.12. The Hall–Kier alpha value is -2.87. The molecule has 2 aromatic carbocycles. The molecular formula is C27H33N5O2. The summed E-state index contributed by atoms with van der Waals surface area (Å²) in [4.78, 5) is 15.9. The second-order valence-electron chi connectivity index (χ2n) is 9.88. The minimum Gasteiger partial charge on any atom is -0.483 e. The van der Waals surface area contributed by atoms with Crippen molar-refractivity contribution in [2.75, 3.05) is 55.8 Å². The van der Waals surface area contributed by atoms with E-state index in [1.165, 1.54) is 0 Å². The van der Waals surface area contributed by atoms with Crippen LogP contribution in [0.15, 0.2) is 54.1 Å². The first kappa shape index (κ1) is 19.4. The third kappa shape index (κ3) is 3.59. The van der Waals surface area contributed by atoms with Crippen LogP contribution in [0, 0.1) is 0 Å². The maximum absolute atomic E-state index is 11.7. The molecule has 6 rings (SSSR count). The molecule has 7 nitrogen and oxygen atoms in total. The Morgan fingerprint density at radius 2 is 1.79 bits per heavy atom.